The molecular formula is C19H20N2O5S. The van der Waals surface area contributed by atoms with E-state index in [0.717, 1.165) is 0 Å². The van der Waals surface area contributed by atoms with E-state index in [9.17, 15) is 18.0 Å². The minimum absolute atomic E-state index is 0.0738. The lowest BCUT2D eigenvalue weighted by atomic mass is 9.98. The maximum atomic E-state index is 12.8. The van der Waals surface area contributed by atoms with Crippen LogP contribution in [0.4, 0.5) is 5.69 Å². The summed E-state index contributed by atoms with van der Waals surface area (Å²) in [6.45, 7) is 0.469. The van der Waals surface area contributed by atoms with Crippen molar-refractivity contribution >= 4 is 27.6 Å². The lowest BCUT2D eigenvalue weighted by Crippen LogP contribution is -2.43. The van der Waals surface area contributed by atoms with E-state index >= 15 is 0 Å². The van der Waals surface area contributed by atoms with Crippen molar-refractivity contribution in [3.8, 4) is 0 Å². The predicted octanol–water partition coefficient (Wildman–Crippen LogP) is 2.42. The summed E-state index contributed by atoms with van der Waals surface area (Å²) in [6, 6.07) is 14.1. The van der Waals surface area contributed by atoms with Crippen LogP contribution in [0.2, 0.25) is 0 Å². The van der Waals surface area contributed by atoms with E-state index < -0.39 is 21.9 Å². The lowest BCUT2D eigenvalue weighted by Gasteiger charge is -2.31. The molecule has 2 aromatic rings. The first-order valence-electron chi connectivity index (χ1n) is 8.57. The van der Waals surface area contributed by atoms with Gasteiger partial charge in [-0.3, -0.25) is 4.79 Å². The highest BCUT2D eigenvalue weighted by Gasteiger charge is 2.33. The number of nitrogens with zero attached hydrogens (tertiary/aromatic N) is 1. The summed E-state index contributed by atoms with van der Waals surface area (Å²) in [6.07, 6.45) is 1.16. The number of aromatic carboxylic acids is 1. The fourth-order valence-corrected chi connectivity index (χ4v) is 4.64. The van der Waals surface area contributed by atoms with Crippen LogP contribution in [0.5, 0.6) is 0 Å². The quantitative estimate of drug-likeness (QED) is 0.819. The molecule has 1 atom stereocenters. The minimum atomic E-state index is -3.64. The van der Waals surface area contributed by atoms with Crippen molar-refractivity contribution in [2.45, 2.75) is 17.7 Å². The Morgan fingerprint density at radius 3 is 2.52 bits per heavy atom. The Morgan fingerprint density at radius 1 is 1.07 bits per heavy atom. The maximum absolute atomic E-state index is 12.8. The second kappa shape index (κ2) is 7.89. The predicted molar refractivity (Wildman–Crippen MR) is 100.0 cm³/mol. The van der Waals surface area contributed by atoms with Gasteiger partial charge in [-0.15, -0.1) is 0 Å². The fourth-order valence-electron chi connectivity index (χ4n) is 3.09. The molecule has 1 aliphatic heterocycles. The van der Waals surface area contributed by atoms with Crippen molar-refractivity contribution in [2.24, 2.45) is 5.92 Å². The van der Waals surface area contributed by atoms with Crippen molar-refractivity contribution in [1.29, 1.82) is 0 Å². The van der Waals surface area contributed by atoms with E-state index in [1.165, 1.54) is 28.6 Å². The van der Waals surface area contributed by atoms with Gasteiger partial charge in [0, 0.05) is 18.8 Å². The number of piperidine rings is 1. The minimum Gasteiger partial charge on any atom is -0.478 e. The number of rotatable bonds is 5. The molecule has 2 aromatic carbocycles. The first-order valence-corrected chi connectivity index (χ1v) is 10.0. The highest BCUT2D eigenvalue weighted by atomic mass is 32.2. The van der Waals surface area contributed by atoms with Crippen molar-refractivity contribution in [2.75, 3.05) is 18.4 Å². The molecule has 0 spiro atoms. The molecule has 0 radical (unpaired) electrons. The van der Waals surface area contributed by atoms with E-state index in [0.29, 0.717) is 25.1 Å². The number of anilines is 1. The highest BCUT2D eigenvalue weighted by Crippen LogP contribution is 2.25. The molecule has 0 aliphatic carbocycles. The number of carbonyl (C=O) groups excluding carboxylic acids is 1. The van der Waals surface area contributed by atoms with Crippen LogP contribution < -0.4 is 5.32 Å². The lowest BCUT2D eigenvalue weighted by molar-refractivity contribution is -0.120. The molecular weight excluding hydrogens is 368 g/mol. The Balaban J connectivity index is 1.72. The van der Waals surface area contributed by atoms with E-state index in [4.69, 9.17) is 5.11 Å². The summed E-state index contributed by atoms with van der Waals surface area (Å²) in [5.41, 5.74) is 0.452. The van der Waals surface area contributed by atoms with Gasteiger partial charge < -0.3 is 10.4 Å². The summed E-state index contributed by atoms with van der Waals surface area (Å²) >= 11 is 0. The molecule has 1 aliphatic rings. The van der Waals surface area contributed by atoms with Crippen LogP contribution in [-0.2, 0) is 14.8 Å². The maximum Gasteiger partial charge on any atom is 0.335 e. The molecule has 0 bridgehead atoms. The van der Waals surface area contributed by atoms with Crippen LogP contribution in [0.3, 0.4) is 0 Å². The molecule has 3 rings (SSSR count). The van der Waals surface area contributed by atoms with E-state index in [1.54, 1.807) is 30.3 Å². The number of carboxylic acid groups (broad SMARTS) is 1. The molecule has 1 amide bonds. The van der Waals surface area contributed by atoms with Gasteiger partial charge in [0.2, 0.25) is 15.9 Å². The first kappa shape index (κ1) is 19.1. The number of amides is 1. The van der Waals surface area contributed by atoms with Gasteiger partial charge in [0.05, 0.1) is 16.4 Å². The van der Waals surface area contributed by atoms with Gasteiger partial charge in [0.15, 0.2) is 0 Å². The van der Waals surface area contributed by atoms with E-state index in [2.05, 4.69) is 5.32 Å². The van der Waals surface area contributed by atoms with Gasteiger partial charge in [-0.2, -0.15) is 4.31 Å². The molecule has 0 saturated carbocycles. The summed E-state index contributed by atoms with van der Waals surface area (Å²) in [7, 11) is -3.64. The first-order chi connectivity index (χ1) is 12.9. The van der Waals surface area contributed by atoms with E-state index in [1.807, 2.05) is 0 Å². The van der Waals surface area contributed by atoms with Crippen LogP contribution in [-0.4, -0.2) is 42.8 Å². The zero-order valence-corrected chi connectivity index (χ0v) is 15.4. The molecule has 1 heterocycles. The third-order valence-corrected chi connectivity index (χ3v) is 6.39. The third-order valence-electron chi connectivity index (χ3n) is 4.51. The number of hydrogen-bond donors (Lipinski definition) is 2. The van der Waals surface area contributed by atoms with Gasteiger partial charge in [-0.1, -0.05) is 24.3 Å². The second-order valence-corrected chi connectivity index (χ2v) is 8.33. The average Bonchev–Trinajstić information content (AvgIpc) is 2.69. The van der Waals surface area contributed by atoms with Gasteiger partial charge in [-0.05, 0) is 43.2 Å². The normalized spacial score (nSPS) is 18.0. The number of hydrogen-bond acceptors (Lipinski definition) is 4. The Kier molecular flexibility index (Phi) is 5.57. The summed E-state index contributed by atoms with van der Waals surface area (Å²) in [5.74, 6) is -1.89. The van der Waals surface area contributed by atoms with Crippen LogP contribution in [0, 0.1) is 5.92 Å². The third kappa shape index (κ3) is 4.35. The molecule has 2 N–H and O–H groups in total. The van der Waals surface area contributed by atoms with Crippen LogP contribution >= 0.6 is 0 Å². The number of carboxylic acids is 1. The standard InChI is InChI=1S/C19H20N2O5S/c22-18(20-16-8-4-6-14(12-16)19(23)24)15-7-5-11-21(13-15)27(25,26)17-9-2-1-3-10-17/h1-4,6,8-10,12,15H,5,7,11,13H2,(H,20,22)(H,23,24). The number of carbonyl (C=O) groups is 2. The Bertz CT molecular complexity index is 944. The Morgan fingerprint density at radius 2 is 1.81 bits per heavy atom. The van der Waals surface area contributed by atoms with Crippen molar-refractivity contribution < 1.29 is 23.1 Å². The average molecular weight is 388 g/mol. The number of sulfonamides is 1. The molecule has 1 unspecified atom stereocenters. The van der Waals surface area contributed by atoms with Gasteiger partial charge in [-0.25, -0.2) is 13.2 Å². The second-order valence-electron chi connectivity index (χ2n) is 6.39. The molecule has 1 saturated heterocycles. The van der Waals surface area contributed by atoms with Crippen molar-refractivity contribution in [1.82, 2.24) is 4.31 Å². The smallest absolute Gasteiger partial charge is 0.335 e. The van der Waals surface area contributed by atoms with Crippen molar-refractivity contribution in [3.63, 3.8) is 0 Å². The van der Waals surface area contributed by atoms with Gasteiger partial charge in [0.1, 0.15) is 0 Å². The van der Waals surface area contributed by atoms with Crippen LogP contribution in [0.25, 0.3) is 0 Å². The topological polar surface area (TPSA) is 104 Å². The summed E-state index contributed by atoms with van der Waals surface area (Å²) in [5, 5.41) is 11.7. The monoisotopic (exact) mass is 388 g/mol. The van der Waals surface area contributed by atoms with Crippen LogP contribution in [0.15, 0.2) is 59.5 Å². The van der Waals surface area contributed by atoms with Crippen molar-refractivity contribution in [3.05, 3.63) is 60.2 Å². The zero-order chi connectivity index (χ0) is 19.4. The molecule has 27 heavy (non-hydrogen) atoms. The number of nitrogens with one attached hydrogen (secondary N) is 1. The van der Waals surface area contributed by atoms with Gasteiger partial charge in [0.25, 0.3) is 0 Å². The molecule has 0 aromatic heterocycles. The SMILES string of the molecule is O=C(O)c1cccc(NC(=O)C2CCCN(S(=O)(=O)c3ccccc3)C2)c1. The zero-order valence-electron chi connectivity index (χ0n) is 14.5. The molecule has 142 valence electrons. The van der Waals surface area contributed by atoms with Crippen LogP contribution in [0.1, 0.15) is 23.2 Å². The molecule has 7 nitrogen and oxygen atoms in total. The number of benzene rings is 2. The summed E-state index contributed by atoms with van der Waals surface area (Å²) in [4.78, 5) is 23.8. The molecule has 1 fully saturated rings. The van der Waals surface area contributed by atoms with Gasteiger partial charge >= 0.3 is 5.97 Å². The Labute approximate surface area is 157 Å². The molecule has 8 heteroatoms. The highest BCUT2D eigenvalue weighted by molar-refractivity contribution is 7.89. The Hall–Kier alpha value is -2.71. The van der Waals surface area contributed by atoms with E-state index in [-0.39, 0.29) is 22.9 Å². The largest absolute Gasteiger partial charge is 0.478 e. The summed E-state index contributed by atoms with van der Waals surface area (Å²) < 4.78 is 26.9. The fraction of sp³-hybridized carbons (Fsp3) is 0.263.